The maximum atomic E-state index is 9.58. The van der Waals surface area contributed by atoms with Gasteiger partial charge in [-0.15, -0.1) is 0 Å². The van der Waals surface area contributed by atoms with E-state index in [4.69, 9.17) is 0 Å². The average molecular weight is 249 g/mol. The smallest absolute Gasteiger partial charge is 0.108 e. The van der Waals surface area contributed by atoms with E-state index in [0.717, 1.165) is 12.8 Å². The summed E-state index contributed by atoms with van der Waals surface area (Å²) in [6.45, 7) is 4.53. The number of nitrogens with zero attached hydrogens (tertiary/aromatic N) is 2. The minimum atomic E-state index is -0.244. The second-order valence-electron chi connectivity index (χ2n) is 6.29. The van der Waals surface area contributed by atoms with Gasteiger partial charge in [-0.2, -0.15) is 5.26 Å². The van der Waals surface area contributed by atoms with Crippen molar-refractivity contribution in [3.05, 3.63) is 0 Å². The zero-order valence-electron chi connectivity index (χ0n) is 12.1. The van der Waals surface area contributed by atoms with Gasteiger partial charge < -0.3 is 4.90 Å². The molecule has 3 atom stereocenters. The minimum absolute atomic E-state index is 0.244. The van der Waals surface area contributed by atoms with Crippen LogP contribution in [0.25, 0.3) is 0 Å². The maximum absolute atomic E-state index is 9.58. The maximum Gasteiger partial charge on any atom is 0.108 e. The van der Waals surface area contributed by atoms with E-state index in [9.17, 15) is 5.26 Å². The molecule has 0 radical (unpaired) electrons. The summed E-state index contributed by atoms with van der Waals surface area (Å²) >= 11 is 0. The van der Waals surface area contributed by atoms with Gasteiger partial charge in [0.15, 0.2) is 0 Å². The summed E-state index contributed by atoms with van der Waals surface area (Å²) < 4.78 is 0. The van der Waals surface area contributed by atoms with Gasteiger partial charge in [0.05, 0.1) is 6.07 Å². The van der Waals surface area contributed by atoms with Crippen molar-refractivity contribution in [3.8, 4) is 6.07 Å². The lowest BCUT2D eigenvalue weighted by molar-refractivity contribution is 0.109. The van der Waals surface area contributed by atoms with E-state index in [1.54, 1.807) is 0 Å². The average Bonchev–Trinajstić information content (AvgIpc) is 3.21. The molecule has 0 saturated heterocycles. The molecule has 1 N–H and O–H groups in total. The van der Waals surface area contributed by atoms with Gasteiger partial charge >= 0.3 is 0 Å². The van der Waals surface area contributed by atoms with Crippen molar-refractivity contribution in [1.82, 2.24) is 10.2 Å². The predicted molar refractivity (Wildman–Crippen MR) is 74.3 cm³/mol. The third kappa shape index (κ3) is 3.05. The van der Waals surface area contributed by atoms with E-state index in [2.05, 4.69) is 37.2 Å². The fourth-order valence-corrected chi connectivity index (χ4v) is 3.12. The van der Waals surface area contributed by atoms with Gasteiger partial charge in [-0.3, -0.25) is 5.32 Å². The first kappa shape index (κ1) is 13.8. The molecule has 3 unspecified atom stereocenters. The van der Waals surface area contributed by atoms with Crippen molar-refractivity contribution in [2.45, 2.75) is 82.5 Å². The minimum Gasteiger partial charge on any atom is -0.301 e. The molecule has 0 bridgehead atoms. The van der Waals surface area contributed by atoms with E-state index in [1.165, 1.54) is 32.1 Å². The highest BCUT2D eigenvalue weighted by Gasteiger charge is 2.41. The lowest BCUT2D eigenvalue weighted by Crippen LogP contribution is -2.54. The Kier molecular flexibility index (Phi) is 4.29. The third-order valence-electron chi connectivity index (χ3n) is 4.86. The Morgan fingerprint density at radius 3 is 2.72 bits per heavy atom. The van der Waals surface area contributed by atoms with Crippen LogP contribution in [0.2, 0.25) is 0 Å². The monoisotopic (exact) mass is 249 g/mol. The highest BCUT2D eigenvalue weighted by atomic mass is 15.2. The van der Waals surface area contributed by atoms with Gasteiger partial charge in [-0.05, 0) is 58.9 Å². The lowest BCUT2D eigenvalue weighted by Gasteiger charge is -2.42. The second kappa shape index (κ2) is 5.59. The molecule has 0 amide bonds. The van der Waals surface area contributed by atoms with E-state index in [-0.39, 0.29) is 5.54 Å². The summed E-state index contributed by atoms with van der Waals surface area (Å²) in [6, 6.07) is 4.40. The van der Waals surface area contributed by atoms with E-state index in [0.29, 0.717) is 18.1 Å². The van der Waals surface area contributed by atoms with E-state index in [1.807, 2.05) is 0 Å². The zero-order valence-corrected chi connectivity index (χ0v) is 12.1. The van der Waals surface area contributed by atoms with Gasteiger partial charge in [0.1, 0.15) is 5.54 Å². The summed E-state index contributed by atoms with van der Waals surface area (Å²) in [4.78, 5) is 2.49. The summed E-state index contributed by atoms with van der Waals surface area (Å²) in [5.74, 6) is 0. The summed E-state index contributed by atoms with van der Waals surface area (Å²) in [5, 5.41) is 13.2. The topological polar surface area (TPSA) is 39.1 Å². The highest BCUT2D eigenvalue weighted by molar-refractivity contribution is 5.13. The standard InChI is InChI=1S/C15H27N3/c1-4-12(2)18(3)14-6-5-9-15(10-14,11-16)17-13-7-8-13/h12-14,17H,4-10H2,1-3H3. The molecule has 2 aliphatic carbocycles. The molecule has 2 saturated carbocycles. The Labute approximate surface area is 112 Å². The Morgan fingerprint density at radius 1 is 1.44 bits per heavy atom. The van der Waals surface area contributed by atoms with Crippen molar-refractivity contribution >= 4 is 0 Å². The first-order valence-corrected chi connectivity index (χ1v) is 7.51. The molecule has 0 aromatic carbocycles. The number of nitrogens with one attached hydrogen (secondary N) is 1. The normalized spacial score (nSPS) is 34.3. The molecule has 2 rings (SSSR count). The Balaban J connectivity index is 1.99. The summed E-state index contributed by atoms with van der Waals surface area (Å²) in [6.07, 6.45) is 8.16. The van der Waals surface area contributed by atoms with Crippen LogP contribution in [0.4, 0.5) is 0 Å². The van der Waals surface area contributed by atoms with Crippen LogP contribution in [-0.2, 0) is 0 Å². The van der Waals surface area contributed by atoms with Crippen molar-refractivity contribution in [3.63, 3.8) is 0 Å². The van der Waals surface area contributed by atoms with Crippen LogP contribution in [0, 0.1) is 11.3 Å². The molecule has 0 aromatic rings. The van der Waals surface area contributed by atoms with Gasteiger partial charge in [0.25, 0.3) is 0 Å². The first-order chi connectivity index (χ1) is 8.60. The molecule has 102 valence electrons. The van der Waals surface area contributed by atoms with Crippen LogP contribution in [0.1, 0.15) is 58.8 Å². The molecule has 3 nitrogen and oxygen atoms in total. The van der Waals surface area contributed by atoms with Crippen LogP contribution in [-0.4, -0.2) is 35.6 Å². The Hall–Kier alpha value is -0.590. The van der Waals surface area contributed by atoms with Crippen molar-refractivity contribution < 1.29 is 0 Å². The molecule has 0 heterocycles. The zero-order chi connectivity index (χ0) is 13.2. The van der Waals surface area contributed by atoms with Crippen LogP contribution < -0.4 is 5.32 Å². The fourth-order valence-electron chi connectivity index (χ4n) is 3.12. The summed E-state index contributed by atoms with van der Waals surface area (Å²) in [7, 11) is 2.23. The van der Waals surface area contributed by atoms with Crippen LogP contribution in [0.15, 0.2) is 0 Å². The van der Waals surface area contributed by atoms with Crippen molar-refractivity contribution in [2.75, 3.05) is 7.05 Å². The molecule has 0 spiro atoms. The lowest BCUT2D eigenvalue weighted by atomic mass is 9.79. The van der Waals surface area contributed by atoms with Gasteiger partial charge in [0, 0.05) is 18.1 Å². The first-order valence-electron chi connectivity index (χ1n) is 7.51. The molecule has 0 aliphatic heterocycles. The highest BCUT2D eigenvalue weighted by Crippen LogP contribution is 2.34. The SMILES string of the molecule is CCC(C)N(C)C1CCCC(C#N)(NC2CC2)C1. The van der Waals surface area contributed by atoms with Crippen LogP contribution in [0.3, 0.4) is 0 Å². The quantitative estimate of drug-likeness (QED) is 0.814. The van der Waals surface area contributed by atoms with Gasteiger partial charge in [0.2, 0.25) is 0 Å². The van der Waals surface area contributed by atoms with Crippen molar-refractivity contribution in [2.24, 2.45) is 0 Å². The van der Waals surface area contributed by atoms with E-state index >= 15 is 0 Å². The number of hydrogen-bond acceptors (Lipinski definition) is 3. The van der Waals surface area contributed by atoms with Crippen LogP contribution in [0.5, 0.6) is 0 Å². The predicted octanol–water partition coefficient (Wildman–Crippen LogP) is 2.67. The Bertz CT molecular complexity index is 318. The largest absolute Gasteiger partial charge is 0.301 e. The van der Waals surface area contributed by atoms with Gasteiger partial charge in [-0.25, -0.2) is 0 Å². The number of hydrogen-bond donors (Lipinski definition) is 1. The fraction of sp³-hybridized carbons (Fsp3) is 0.933. The van der Waals surface area contributed by atoms with E-state index < -0.39 is 0 Å². The van der Waals surface area contributed by atoms with Gasteiger partial charge in [-0.1, -0.05) is 6.92 Å². The molecule has 2 aliphatic rings. The molecular formula is C15H27N3. The van der Waals surface area contributed by atoms with Crippen LogP contribution >= 0.6 is 0 Å². The molecule has 0 aromatic heterocycles. The molecule has 3 heteroatoms. The Morgan fingerprint density at radius 2 is 2.17 bits per heavy atom. The number of rotatable bonds is 5. The number of nitriles is 1. The third-order valence-corrected chi connectivity index (χ3v) is 4.86. The molecule has 18 heavy (non-hydrogen) atoms. The molecular weight excluding hydrogens is 222 g/mol. The molecule has 2 fully saturated rings. The summed E-state index contributed by atoms with van der Waals surface area (Å²) in [5.41, 5.74) is -0.244. The second-order valence-corrected chi connectivity index (χ2v) is 6.29. The van der Waals surface area contributed by atoms with Crippen molar-refractivity contribution in [1.29, 1.82) is 5.26 Å².